The summed E-state index contributed by atoms with van der Waals surface area (Å²) in [5, 5.41) is 34.7. The predicted molar refractivity (Wildman–Crippen MR) is 53.6 cm³/mol. The van der Waals surface area contributed by atoms with Gasteiger partial charge in [0.1, 0.15) is 0 Å². The summed E-state index contributed by atoms with van der Waals surface area (Å²) in [6, 6.07) is 0. The second-order valence-electron chi connectivity index (χ2n) is 3.66. The van der Waals surface area contributed by atoms with Gasteiger partial charge in [-0.1, -0.05) is 6.42 Å². The molecule has 0 fully saturated rings. The summed E-state index contributed by atoms with van der Waals surface area (Å²) in [7, 11) is 0. The Hall–Kier alpha value is -0.160. The molecule has 0 aromatic carbocycles. The van der Waals surface area contributed by atoms with Crippen molar-refractivity contribution < 1.29 is 20.4 Å². The third-order valence-corrected chi connectivity index (χ3v) is 2.38. The first kappa shape index (κ1) is 13.8. The van der Waals surface area contributed by atoms with Gasteiger partial charge in [-0.05, 0) is 38.0 Å². The van der Waals surface area contributed by atoms with Crippen LogP contribution in [-0.2, 0) is 0 Å². The zero-order chi connectivity index (χ0) is 10.8. The van der Waals surface area contributed by atoms with E-state index >= 15 is 0 Å². The van der Waals surface area contributed by atoms with Gasteiger partial charge >= 0.3 is 0 Å². The molecule has 4 N–H and O–H groups in total. The molecule has 1 atom stereocenters. The van der Waals surface area contributed by atoms with E-state index in [2.05, 4.69) is 0 Å². The highest BCUT2D eigenvalue weighted by atomic mass is 16.5. The fourth-order valence-electron chi connectivity index (χ4n) is 1.58. The van der Waals surface area contributed by atoms with Crippen molar-refractivity contribution >= 4 is 0 Å². The lowest BCUT2D eigenvalue weighted by molar-refractivity contribution is -0.0472. The third kappa shape index (κ3) is 8.44. The number of rotatable bonds is 9. The molecular weight excluding hydrogens is 184 g/mol. The molecule has 4 nitrogen and oxygen atoms in total. The first-order valence-corrected chi connectivity index (χ1v) is 5.28. The van der Waals surface area contributed by atoms with Gasteiger partial charge in [0.05, 0.1) is 0 Å². The lowest BCUT2D eigenvalue weighted by Gasteiger charge is -2.15. The van der Waals surface area contributed by atoms with Gasteiger partial charge in [0.15, 0.2) is 6.29 Å². The van der Waals surface area contributed by atoms with Crippen LogP contribution < -0.4 is 0 Å². The van der Waals surface area contributed by atoms with Gasteiger partial charge in [-0.2, -0.15) is 0 Å². The summed E-state index contributed by atoms with van der Waals surface area (Å²) in [6.45, 7) is 0.350. The van der Waals surface area contributed by atoms with Crippen LogP contribution in [0.1, 0.15) is 38.5 Å². The van der Waals surface area contributed by atoms with E-state index in [-0.39, 0.29) is 13.2 Å². The van der Waals surface area contributed by atoms with Gasteiger partial charge in [0.2, 0.25) is 0 Å². The van der Waals surface area contributed by atoms with Crippen LogP contribution in [0.4, 0.5) is 0 Å². The zero-order valence-corrected chi connectivity index (χ0v) is 8.60. The lowest BCUT2D eigenvalue weighted by Crippen LogP contribution is -2.08. The molecule has 0 aliphatic rings. The highest BCUT2D eigenvalue weighted by Gasteiger charge is 2.08. The van der Waals surface area contributed by atoms with Crippen molar-refractivity contribution in [3.63, 3.8) is 0 Å². The highest BCUT2D eigenvalue weighted by molar-refractivity contribution is 4.60. The van der Waals surface area contributed by atoms with Gasteiger partial charge < -0.3 is 20.4 Å². The van der Waals surface area contributed by atoms with E-state index in [9.17, 15) is 0 Å². The van der Waals surface area contributed by atoms with Crippen LogP contribution in [0.3, 0.4) is 0 Å². The molecule has 14 heavy (non-hydrogen) atoms. The number of hydrogen-bond donors (Lipinski definition) is 4. The van der Waals surface area contributed by atoms with Crippen molar-refractivity contribution in [1.82, 2.24) is 0 Å². The van der Waals surface area contributed by atoms with E-state index in [0.717, 1.165) is 32.1 Å². The SMILES string of the molecule is OCCCC(CCO)CCCC(O)O. The van der Waals surface area contributed by atoms with Crippen molar-refractivity contribution in [2.75, 3.05) is 13.2 Å². The van der Waals surface area contributed by atoms with E-state index < -0.39 is 6.29 Å². The van der Waals surface area contributed by atoms with Crippen molar-refractivity contribution in [2.45, 2.75) is 44.8 Å². The minimum atomic E-state index is -1.22. The molecule has 0 spiro atoms. The summed E-state index contributed by atoms with van der Waals surface area (Å²) < 4.78 is 0. The van der Waals surface area contributed by atoms with Gasteiger partial charge in [0, 0.05) is 13.2 Å². The van der Waals surface area contributed by atoms with Crippen LogP contribution in [0.15, 0.2) is 0 Å². The Morgan fingerprint density at radius 2 is 1.36 bits per heavy atom. The fourth-order valence-corrected chi connectivity index (χ4v) is 1.58. The Morgan fingerprint density at radius 3 is 1.86 bits per heavy atom. The van der Waals surface area contributed by atoms with Gasteiger partial charge in [0.25, 0.3) is 0 Å². The molecule has 0 aromatic heterocycles. The molecule has 0 aliphatic heterocycles. The minimum Gasteiger partial charge on any atom is -0.396 e. The molecule has 4 heteroatoms. The summed E-state index contributed by atoms with van der Waals surface area (Å²) >= 11 is 0. The Morgan fingerprint density at radius 1 is 0.714 bits per heavy atom. The largest absolute Gasteiger partial charge is 0.396 e. The molecule has 0 radical (unpaired) electrons. The molecule has 0 bridgehead atoms. The van der Waals surface area contributed by atoms with Crippen LogP contribution in [-0.4, -0.2) is 39.9 Å². The highest BCUT2D eigenvalue weighted by Crippen LogP contribution is 2.18. The van der Waals surface area contributed by atoms with Gasteiger partial charge in [-0.3, -0.25) is 0 Å². The molecule has 0 heterocycles. The minimum absolute atomic E-state index is 0.164. The second kappa shape index (κ2) is 9.40. The van der Waals surface area contributed by atoms with Crippen LogP contribution in [0, 0.1) is 5.92 Å². The average molecular weight is 206 g/mol. The molecule has 0 saturated carbocycles. The molecule has 86 valence electrons. The van der Waals surface area contributed by atoms with Crippen molar-refractivity contribution in [3.05, 3.63) is 0 Å². The normalized spacial score (nSPS) is 13.5. The van der Waals surface area contributed by atoms with Crippen molar-refractivity contribution in [2.24, 2.45) is 5.92 Å². The Bertz CT molecular complexity index is 117. The summed E-state index contributed by atoms with van der Waals surface area (Å²) in [4.78, 5) is 0. The Kier molecular flexibility index (Phi) is 9.29. The lowest BCUT2D eigenvalue weighted by atomic mass is 9.94. The number of hydrogen-bond acceptors (Lipinski definition) is 4. The number of aliphatic hydroxyl groups excluding tert-OH is 3. The molecule has 0 amide bonds. The maximum absolute atomic E-state index is 8.78. The maximum atomic E-state index is 8.78. The quantitative estimate of drug-likeness (QED) is 0.407. The average Bonchev–Trinajstić information content (AvgIpc) is 2.13. The van der Waals surface area contributed by atoms with Gasteiger partial charge in [-0.15, -0.1) is 0 Å². The van der Waals surface area contributed by atoms with E-state index in [1.807, 2.05) is 0 Å². The van der Waals surface area contributed by atoms with Crippen LogP contribution in [0.2, 0.25) is 0 Å². The van der Waals surface area contributed by atoms with Crippen molar-refractivity contribution in [3.8, 4) is 0 Å². The summed E-state index contributed by atoms with van der Waals surface area (Å²) in [5.41, 5.74) is 0. The van der Waals surface area contributed by atoms with E-state index in [0.29, 0.717) is 12.3 Å². The summed E-state index contributed by atoms with van der Waals surface area (Å²) in [5.74, 6) is 0.394. The Balaban J connectivity index is 3.50. The second-order valence-corrected chi connectivity index (χ2v) is 3.66. The van der Waals surface area contributed by atoms with Gasteiger partial charge in [-0.25, -0.2) is 0 Å². The standard InChI is InChI=1S/C10H22O4/c11-7-2-4-9(6-8-12)3-1-5-10(13)14/h9-14H,1-8H2. The summed E-state index contributed by atoms with van der Waals surface area (Å²) in [6.07, 6.45) is 3.21. The zero-order valence-electron chi connectivity index (χ0n) is 8.60. The first-order valence-electron chi connectivity index (χ1n) is 5.28. The van der Waals surface area contributed by atoms with Crippen LogP contribution >= 0.6 is 0 Å². The maximum Gasteiger partial charge on any atom is 0.151 e. The topological polar surface area (TPSA) is 80.9 Å². The van der Waals surface area contributed by atoms with E-state index in [1.165, 1.54) is 0 Å². The molecular formula is C10H22O4. The Labute approximate surface area is 85.2 Å². The molecule has 0 aromatic rings. The molecule has 0 rings (SSSR count). The van der Waals surface area contributed by atoms with Crippen molar-refractivity contribution in [1.29, 1.82) is 0 Å². The first-order chi connectivity index (χ1) is 6.70. The third-order valence-electron chi connectivity index (χ3n) is 2.38. The van der Waals surface area contributed by atoms with E-state index in [1.54, 1.807) is 0 Å². The molecule has 1 unspecified atom stereocenters. The smallest absolute Gasteiger partial charge is 0.151 e. The predicted octanol–water partition coefficient (Wildman–Crippen LogP) is 0.238. The molecule has 0 aliphatic carbocycles. The molecule has 0 saturated heterocycles. The van der Waals surface area contributed by atoms with Crippen LogP contribution in [0.5, 0.6) is 0 Å². The fraction of sp³-hybridized carbons (Fsp3) is 1.00. The van der Waals surface area contributed by atoms with E-state index in [4.69, 9.17) is 20.4 Å². The van der Waals surface area contributed by atoms with Crippen LogP contribution in [0.25, 0.3) is 0 Å². The monoisotopic (exact) mass is 206 g/mol. The number of aliphatic hydroxyl groups is 4.